The summed E-state index contributed by atoms with van der Waals surface area (Å²) in [6.07, 6.45) is 1.10. The summed E-state index contributed by atoms with van der Waals surface area (Å²) >= 11 is 5.75. The van der Waals surface area contributed by atoms with Crippen LogP contribution in [-0.4, -0.2) is 27.8 Å². The highest BCUT2D eigenvalue weighted by molar-refractivity contribution is 6.18. The second kappa shape index (κ2) is 2.62. The van der Waals surface area contributed by atoms with Crippen LogP contribution >= 0.6 is 11.6 Å². The number of alkyl halides is 1. The van der Waals surface area contributed by atoms with Gasteiger partial charge >= 0.3 is 0 Å². The molecule has 3 aliphatic carbocycles. The Morgan fingerprint density at radius 2 is 2.00 bits per heavy atom. The molecule has 0 spiro atoms. The van der Waals surface area contributed by atoms with Crippen LogP contribution in [0, 0.1) is 17.3 Å². The van der Waals surface area contributed by atoms with E-state index in [0.717, 1.165) is 6.42 Å². The van der Waals surface area contributed by atoms with Crippen molar-refractivity contribution in [3.05, 3.63) is 0 Å². The third kappa shape index (κ3) is 1.03. The van der Waals surface area contributed by atoms with Crippen LogP contribution in [0.25, 0.3) is 0 Å². The minimum absolute atomic E-state index is 0.148. The van der Waals surface area contributed by atoms with Crippen molar-refractivity contribution in [3.8, 4) is 0 Å². The molecule has 0 aliphatic heterocycles. The van der Waals surface area contributed by atoms with E-state index in [1.807, 2.05) is 0 Å². The molecule has 3 aliphatic rings. The number of aliphatic hydroxyl groups is 2. The average Bonchev–Trinajstić information content (AvgIpc) is 2.08. The molecule has 2 bridgehead atoms. The maximum atomic E-state index is 10.2. The SMILES string of the molecule is CC1(C)[C@@H]2C[C@@H](O)[C@](O)(CCl)[C@H]1C2. The molecule has 0 heterocycles. The molecule has 0 unspecified atom stereocenters. The van der Waals surface area contributed by atoms with Crippen molar-refractivity contribution in [3.63, 3.8) is 0 Å². The van der Waals surface area contributed by atoms with E-state index in [4.69, 9.17) is 11.6 Å². The second-order valence-electron chi connectivity index (χ2n) is 5.18. The first kappa shape index (κ1) is 9.75. The van der Waals surface area contributed by atoms with Crippen LogP contribution < -0.4 is 0 Å². The van der Waals surface area contributed by atoms with E-state index in [9.17, 15) is 10.2 Å². The highest BCUT2D eigenvalue weighted by Gasteiger charge is 2.64. The maximum absolute atomic E-state index is 10.2. The molecule has 3 heteroatoms. The van der Waals surface area contributed by atoms with E-state index in [-0.39, 0.29) is 17.2 Å². The number of aliphatic hydroxyl groups excluding tert-OH is 1. The van der Waals surface area contributed by atoms with E-state index in [2.05, 4.69) is 13.8 Å². The van der Waals surface area contributed by atoms with Gasteiger partial charge in [0.1, 0.15) is 5.60 Å². The highest BCUT2D eigenvalue weighted by atomic mass is 35.5. The molecule has 13 heavy (non-hydrogen) atoms. The number of rotatable bonds is 1. The molecule has 0 aromatic carbocycles. The summed E-state index contributed by atoms with van der Waals surface area (Å²) in [7, 11) is 0. The van der Waals surface area contributed by atoms with Gasteiger partial charge in [-0.05, 0) is 30.1 Å². The lowest BCUT2D eigenvalue weighted by Gasteiger charge is -2.64. The van der Waals surface area contributed by atoms with Gasteiger partial charge in [0, 0.05) is 0 Å². The van der Waals surface area contributed by atoms with E-state index in [1.54, 1.807) is 0 Å². The van der Waals surface area contributed by atoms with E-state index < -0.39 is 11.7 Å². The Hall–Kier alpha value is 0.210. The Labute approximate surface area is 83.9 Å². The zero-order valence-corrected chi connectivity index (χ0v) is 8.88. The van der Waals surface area contributed by atoms with Gasteiger partial charge in [0.05, 0.1) is 12.0 Å². The van der Waals surface area contributed by atoms with Crippen LogP contribution in [-0.2, 0) is 0 Å². The molecule has 3 saturated carbocycles. The molecular formula is C10H17ClO2. The number of hydrogen-bond donors (Lipinski definition) is 2. The Morgan fingerprint density at radius 1 is 1.38 bits per heavy atom. The third-order valence-corrected chi connectivity index (χ3v) is 4.80. The van der Waals surface area contributed by atoms with Gasteiger partial charge in [0.25, 0.3) is 0 Å². The Bertz CT molecular complexity index is 229. The van der Waals surface area contributed by atoms with E-state index >= 15 is 0 Å². The van der Waals surface area contributed by atoms with E-state index in [1.165, 1.54) is 0 Å². The molecular weight excluding hydrogens is 188 g/mol. The van der Waals surface area contributed by atoms with Gasteiger partial charge in [-0.25, -0.2) is 0 Å². The topological polar surface area (TPSA) is 40.5 Å². The zero-order valence-electron chi connectivity index (χ0n) is 8.13. The zero-order chi connectivity index (χ0) is 9.85. The molecule has 76 valence electrons. The fourth-order valence-electron chi connectivity index (χ4n) is 3.15. The van der Waals surface area contributed by atoms with Gasteiger partial charge < -0.3 is 10.2 Å². The largest absolute Gasteiger partial charge is 0.390 e. The number of halogens is 1. The summed E-state index contributed by atoms with van der Waals surface area (Å²) in [4.78, 5) is 0. The molecule has 2 nitrogen and oxygen atoms in total. The molecule has 3 fully saturated rings. The molecule has 0 amide bonds. The van der Waals surface area contributed by atoms with Crippen molar-refractivity contribution in [1.29, 1.82) is 0 Å². The normalized spacial score (nSPS) is 52.8. The van der Waals surface area contributed by atoms with Gasteiger partial charge in [-0.2, -0.15) is 0 Å². The predicted octanol–water partition coefficient (Wildman–Crippen LogP) is 1.38. The van der Waals surface area contributed by atoms with Crippen LogP contribution in [0.3, 0.4) is 0 Å². The molecule has 3 rings (SSSR count). The maximum Gasteiger partial charge on any atom is 0.107 e. The van der Waals surface area contributed by atoms with Crippen LogP contribution in [0.4, 0.5) is 0 Å². The monoisotopic (exact) mass is 204 g/mol. The van der Waals surface area contributed by atoms with E-state index in [0.29, 0.717) is 12.3 Å². The molecule has 0 radical (unpaired) electrons. The molecule has 2 N–H and O–H groups in total. The van der Waals surface area contributed by atoms with Crippen LogP contribution in [0.15, 0.2) is 0 Å². The van der Waals surface area contributed by atoms with Crippen molar-refractivity contribution >= 4 is 11.6 Å². The second-order valence-corrected chi connectivity index (χ2v) is 5.45. The highest BCUT2D eigenvalue weighted by Crippen LogP contribution is 2.62. The van der Waals surface area contributed by atoms with Gasteiger partial charge in [0.2, 0.25) is 0 Å². The minimum atomic E-state index is -1.04. The summed E-state index contributed by atoms with van der Waals surface area (Å²) < 4.78 is 0. The smallest absolute Gasteiger partial charge is 0.107 e. The standard InChI is InChI=1S/C10H17ClO2/c1-9(2)6-3-7(9)10(13,5-11)8(12)4-6/h6-8,12-13H,3-5H2,1-2H3/t6-,7-,8+,10-/m0/s1. The predicted molar refractivity (Wildman–Crippen MR) is 51.7 cm³/mol. The first-order valence-corrected chi connectivity index (χ1v) is 5.42. The molecule has 0 aromatic rings. The summed E-state index contributed by atoms with van der Waals surface area (Å²) in [6.45, 7) is 4.32. The summed E-state index contributed by atoms with van der Waals surface area (Å²) in [5, 5.41) is 19.9. The number of fused-ring (bicyclic) bond motifs is 2. The fraction of sp³-hybridized carbons (Fsp3) is 1.00. The van der Waals surface area contributed by atoms with Gasteiger partial charge in [0.15, 0.2) is 0 Å². The number of hydrogen-bond acceptors (Lipinski definition) is 2. The van der Waals surface area contributed by atoms with Crippen molar-refractivity contribution in [2.75, 3.05) is 5.88 Å². The van der Waals surface area contributed by atoms with Crippen molar-refractivity contribution in [1.82, 2.24) is 0 Å². The van der Waals surface area contributed by atoms with Gasteiger partial charge in [-0.3, -0.25) is 0 Å². The summed E-state index contributed by atoms with van der Waals surface area (Å²) in [5.74, 6) is 0.886. The van der Waals surface area contributed by atoms with Crippen molar-refractivity contribution < 1.29 is 10.2 Å². The quantitative estimate of drug-likeness (QED) is 0.634. The van der Waals surface area contributed by atoms with Gasteiger partial charge in [-0.15, -0.1) is 11.6 Å². The minimum Gasteiger partial charge on any atom is -0.390 e. The summed E-state index contributed by atoms with van der Waals surface area (Å²) in [5.41, 5.74) is -0.886. The molecule has 4 atom stereocenters. The Balaban J connectivity index is 2.27. The third-order valence-electron chi connectivity index (χ3n) is 4.37. The average molecular weight is 205 g/mol. The van der Waals surface area contributed by atoms with Gasteiger partial charge in [-0.1, -0.05) is 13.8 Å². The Morgan fingerprint density at radius 3 is 2.38 bits per heavy atom. The van der Waals surface area contributed by atoms with Crippen molar-refractivity contribution in [2.45, 2.75) is 38.4 Å². The van der Waals surface area contributed by atoms with Crippen LogP contribution in [0.1, 0.15) is 26.7 Å². The van der Waals surface area contributed by atoms with Crippen LogP contribution in [0.5, 0.6) is 0 Å². The van der Waals surface area contributed by atoms with Crippen LogP contribution in [0.2, 0.25) is 0 Å². The molecule has 0 aromatic heterocycles. The lowest BCUT2D eigenvalue weighted by Crippen LogP contribution is -2.68. The van der Waals surface area contributed by atoms with Crippen molar-refractivity contribution in [2.24, 2.45) is 17.3 Å². The lowest BCUT2D eigenvalue weighted by atomic mass is 9.43. The Kier molecular flexibility index (Phi) is 1.96. The fourth-order valence-corrected chi connectivity index (χ4v) is 3.52. The summed E-state index contributed by atoms with van der Waals surface area (Å²) in [6, 6.07) is 0. The first-order chi connectivity index (χ1) is 5.93. The first-order valence-electron chi connectivity index (χ1n) is 4.89. The molecule has 0 saturated heterocycles. The lowest BCUT2D eigenvalue weighted by molar-refractivity contribution is -0.243.